The van der Waals surface area contributed by atoms with Crippen LogP contribution < -0.4 is 5.32 Å². The average molecular weight is 263 g/mol. The summed E-state index contributed by atoms with van der Waals surface area (Å²) in [6, 6.07) is 4.12. The van der Waals surface area contributed by atoms with Crippen LogP contribution in [0.15, 0.2) is 16.7 Å². The Morgan fingerprint density at radius 2 is 2.44 bits per heavy atom. The van der Waals surface area contributed by atoms with Gasteiger partial charge in [0.05, 0.1) is 4.88 Å². The second-order valence-electron chi connectivity index (χ2n) is 4.84. The quantitative estimate of drug-likeness (QED) is 0.925. The minimum absolute atomic E-state index is 0.647. The van der Waals surface area contributed by atoms with Gasteiger partial charge in [-0.05, 0) is 50.9 Å². The first-order valence-corrected chi connectivity index (χ1v) is 7.23. The van der Waals surface area contributed by atoms with Gasteiger partial charge >= 0.3 is 0 Å². The Kier molecular flexibility index (Phi) is 3.43. The standard InChI is InChI=1S/C13H17N3OS/c1-9-4-5-11(18-9)13-15-12(16-17-13)7-10-3-2-6-14-8-10/h4-5,10,14H,2-3,6-8H2,1H3. The summed E-state index contributed by atoms with van der Waals surface area (Å²) < 4.78 is 5.33. The molecule has 0 spiro atoms. The van der Waals surface area contributed by atoms with Gasteiger partial charge in [0.15, 0.2) is 5.82 Å². The van der Waals surface area contributed by atoms with Crippen molar-refractivity contribution in [2.45, 2.75) is 26.2 Å². The maximum absolute atomic E-state index is 5.33. The first-order valence-electron chi connectivity index (χ1n) is 6.41. The molecule has 0 saturated carbocycles. The molecule has 1 unspecified atom stereocenters. The molecular weight excluding hydrogens is 246 g/mol. The summed E-state index contributed by atoms with van der Waals surface area (Å²) >= 11 is 1.69. The zero-order valence-electron chi connectivity index (χ0n) is 10.5. The maximum atomic E-state index is 5.33. The first kappa shape index (κ1) is 11.9. The Morgan fingerprint density at radius 1 is 1.50 bits per heavy atom. The normalized spacial score (nSPS) is 20.2. The van der Waals surface area contributed by atoms with Crippen LogP contribution in [-0.2, 0) is 6.42 Å². The highest BCUT2D eigenvalue weighted by atomic mass is 32.1. The molecule has 4 nitrogen and oxygen atoms in total. The Labute approximate surface area is 110 Å². The van der Waals surface area contributed by atoms with Crippen LogP contribution in [-0.4, -0.2) is 23.2 Å². The number of aromatic nitrogens is 2. The molecule has 2 aromatic rings. The minimum atomic E-state index is 0.647. The fraction of sp³-hybridized carbons (Fsp3) is 0.538. The Hall–Kier alpha value is -1.20. The Morgan fingerprint density at radius 3 is 3.17 bits per heavy atom. The van der Waals surface area contributed by atoms with Gasteiger partial charge in [-0.2, -0.15) is 4.98 Å². The molecule has 1 aliphatic rings. The maximum Gasteiger partial charge on any atom is 0.267 e. The van der Waals surface area contributed by atoms with E-state index in [9.17, 15) is 0 Å². The number of piperidine rings is 1. The second-order valence-corrected chi connectivity index (χ2v) is 6.13. The molecular formula is C13H17N3OS. The van der Waals surface area contributed by atoms with Crippen LogP contribution in [0.25, 0.3) is 10.8 Å². The first-order chi connectivity index (χ1) is 8.81. The molecule has 1 aliphatic heterocycles. The number of hydrogen-bond acceptors (Lipinski definition) is 5. The Bertz CT molecular complexity index is 514. The summed E-state index contributed by atoms with van der Waals surface area (Å²) in [5.41, 5.74) is 0. The lowest BCUT2D eigenvalue weighted by atomic mass is 9.96. The van der Waals surface area contributed by atoms with E-state index in [0.29, 0.717) is 11.8 Å². The SMILES string of the molecule is Cc1ccc(-c2nc(CC3CCCNC3)no2)s1. The molecule has 0 radical (unpaired) electrons. The molecule has 0 bridgehead atoms. The van der Waals surface area contributed by atoms with Crippen molar-refractivity contribution < 1.29 is 4.52 Å². The molecule has 1 fully saturated rings. The van der Waals surface area contributed by atoms with E-state index in [1.807, 2.05) is 6.07 Å². The van der Waals surface area contributed by atoms with E-state index in [-0.39, 0.29) is 0 Å². The van der Waals surface area contributed by atoms with E-state index in [4.69, 9.17) is 4.52 Å². The molecule has 1 atom stereocenters. The number of nitrogens with one attached hydrogen (secondary N) is 1. The average Bonchev–Trinajstić information content (AvgIpc) is 2.99. The number of aryl methyl sites for hydroxylation is 1. The van der Waals surface area contributed by atoms with Crippen molar-refractivity contribution in [3.63, 3.8) is 0 Å². The highest BCUT2D eigenvalue weighted by molar-refractivity contribution is 7.15. The lowest BCUT2D eigenvalue weighted by molar-refractivity contribution is 0.360. The van der Waals surface area contributed by atoms with Gasteiger partial charge in [-0.25, -0.2) is 0 Å². The van der Waals surface area contributed by atoms with Crippen LogP contribution in [0.2, 0.25) is 0 Å². The smallest absolute Gasteiger partial charge is 0.267 e. The van der Waals surface area contributed by atoms with Crippen molar-refractivity contribution in [1.29, 1.82) is 0 Å². The van der Waals surface area contributed by atoms with E-state index in [1.54, 1.807) is 11.3 Å². The third-order valence-electron chi connectivity index (χ3n) is 3.29. The van der Waals surface area contributed by atoms with Gasteiger partial charge in [-0.3, -0.25) is 0 Å². The monoisotopic (exact) mass is 263 g/mol. The van der Waals surface area contributed by atoms with E-state index < -0.39 is 0 Å². The van der Waals surface area contributed by atoms with Crippen molar-refractivity contribution in [3.8, 4) is 10.8 Å². The van der Waals surface area contributed by atoms with Crippen LogP contribution in [0, 0.1) is 12.8 Å². The lowest BCUT2D eigenvalue weighted by Crippen LogP contribution is -2.31. The van der Waals surface area contributed by atoms with Crippen molar-refractivity contribution in [2.24, 2.45) is 5.92 Å². The number of hydrogen-bond donors (Lipinski definition) is 1. The van der Waals surface area contributed by atoms with Gasteiger partial charge in [0, 0.05) is 11.3 Å². The van der Waals surface area contributed by atoms with Gasteiger partial charge in [0.1, 0.15) is 0 Å². The lowest BCUT2D eigenvalue weighted by Gasteiger charge is -2.20. The van der Waals surface area contributed by atoms with Crippen molar-refractivity contribution in [1.82, 2.24) is 15.5 Å². The summed E-state index contributed by atoms with van der Waals surface area (Å²) in [6.45, 7) is 4.30. The summed E-state index contributed by atoms with van der Waals surface area (Å²) in [6.07, 6.45) is 3.43. The topological polar surface area (TPSA) is 51.0 Å². The molecule has 96 valence electrons. The molecule has 1 saturated heterocycles. The van der Waals surface area contributed by atoms with Crippen molar-refractivity contribution in [2.75, 3.05) is 13.1 Å². The predicted octanol–water partition coefficient (Wildman–Crippen LogP) is 2.65. The van der Waals surface area contributed by atoms with E-state index in [0.717, 1.165) is 30.2 Å². The van der Waals surface area contributed by atoms with Crippen molar-refractivity contribution in [3.05, 3.63) is 22.8 Å². The third kappa shape index (κ3) is 2.62. The van der Waals surface area contributed by atoms with E-state index in [1.165, 1.54) is 17.7 Å². The second kappa shape index (κ2) is 5.20. The van der Waals surface area contributed by atoms with Crippen LogP contribution in [0.5, 0.6) is 0 Å². The molecule has 0 aliphatic carbocycles. The predicted molar refractivity (Wildman–Crippen MR) is 71.6 cm³/mol. The highest BCUT2D eigenvalue weighted by Gasteiger charge is 2.17. The Balaban J connectivity index is 1.69. The van der Waals surface area contributed by atoms with Crippen molar-refractivity contribution >= 4 is 11.3 Å². The molecule has 3 heterocycles. The number of nitrogens with zero attached hydrogens (tertiary/aromatic N) is 2. The fourth-order valence-electron chi connectivity index (χ4n) is 2.34. The van der Waals surface area contributed by atoms with Crippen LogP contribution in [0.1, 0.15) is 23.5 Å². The third-order valence-corrected chi connectivity index (χ3v) is 4.28. The molecule has 1 N–H and O–H groups in total. The van der Waals surface area contributed by atoms with E-state index >= 15 is 0 Å². The van der Waals surface area contributed by atoms with E-state index in [2.05, 4.69) is 28.4 Å². The van der Waals surface area contributed by atoms with Gasteiger partial charge in [-0.1, -0.05) is 5.16 Å². The summed E-state index contributed by atoms with van der Waals surface area (Å²) in [5, 5.41) is 7.50. The molecule has 0 amide bonds. The largest absolute Gasteiger partial charge is 0.333 e. The fourth-order valence-corrected chi connectivity index (χ4v) is 3.13. The molecule has 0 aromatic carbocycles. The molecule has 5 heteroatoms. The van der Waals surface area contributed by atoms with Crippen LogP contribution in [0.4, 0.5) is 0 Å². The summed E-state index contributed by atoms with van der Waals surface area (Å²) in [7, 11) is 0. The summed E-state index contributed by atoms with van der Waals surface area (Å²) in [4.78, 5) is 6.82. The zero-order valence-corrected chi connectivity index (χ0v) is 11.3. The zero-order chi connectivity index (χ0) is 12.4. The number of thiophene rings is 1. The van der Waals surface area contributed by atoms with Gasteiger partial charge in [0.2, 0.25) is 0 Å². The number of rotatable bonds is 3. The van der Waals surface area contributed by atoms with Crippen LogP contribution in [0.3, 0.4) is 0 Å². The molecule has 3 rings (SSSR count). The highest BCUT2D eigenvalue weighted by Crippen LogP contribution is 2.26. The molecule has 2 aromatic heterocycles. The van der Waals surface area contributed by atoms with Gasteiger partial charge in [-0.15, -0.1) is 11.3 Å². The summed E-state index contributed by atoms with van der Waals surface area (Å²) in [5.74, 6) is 2.14. The van der Waals surface area contributed by atoms with Crippen LogP contribution >= 0.6 is 11.3 Å². The minimum Gasteiger partial charge on any atom is -0.333 e. The van der Waals surface area contributed by atoms with Gasteiger partial charge in [0.25, 0.3) is 5.89 Å². The molecule has 18 heavy (non-hydrogen) atoms. The van der Waals surface area contributed by atoms with Gasteiger partial charge < -0.3 is 9.84 Å².